The molecule has 9 heteroatoms. The van der Waals surface area contributed by atoms with E-state index in [1.807, 2.05) is 36.4 Å². The molecule has 31 heavy (non-hydrogen) atoms. The maximum atomic E-state index is 12.7. The van der Waals surface area contributed by atoms with Gasteiger partial charge < -0.3 is 9.64 Å². The van der Waals surface area contributed by atoms with E-state index in [0.717, 1.165) is 22.6 Å². The van der Waals surface area contributed by atoms with Gasteiger partial charge in [0.25, 0.3) is 5.91 Å². The van der Waals surface area contributed by atoms with Crippen LogP contribution in [0.25, 0.3) is 6.08 Å². The fourth-order valence-electron chi connectivity index (χ4n) is 3.64. The minimum absolute atomic E-state index is 0.237. The predicted molar refractivity (Wildman–Crippen MR) is 112 cm³/mol. The summed E-state index contributed by atoms with van der Waals surface area (Å²) in [4.78, 5) is 16.1. The third kappa shape index (κ3) is 5.66. The Bertz CT molecular complexity index is 951. The van der Waals surface area contributed by atoms with E-state index in [0.29, 0.717) is 26.1 Å². The molecule has 0 atom stereocenters. The van der Waals surface area contributed by atoms with Crippen molar-refractivity contribution in [2.45, 2.75) is 32.1 Å². The van der Waals surface area contributed by atoms with Crippen LogP contribution in [0.2, 0.25) is 0 Å². The lowest BCUT2D eigenvalue weighted by molar-refractivity contribution is -0.137. The predicted octanol–water partition coefficient (Wildman–Crippen LogP) is 3.62. The molecule has 2 aromatic rings. The summed E-state index contributed by atoms with van der Waals surface area (Å²) in [5.41, 5.74) is 2.64. The van der Waals surface area contributed by atoms with Gasteiger partial charge in [-0.15, -0.1) is 0 Å². The van der Waals surface area contributed by atoms with E-state index < -0.39 is 12.6 Å². The summed E-state index contributed by atoms with van der Waals surface area (Å²) >= 11 is 0. The lowest BCUT2D eigenvalue weighted by atomic mass is 10.0. The molecule has 1 aliphatic heterocycles. The van der Waals surface area contributed by atoms with Crippen molar-refractivity contribution in [3.8, 4) is 5.75 Å². The van der Waals surface area contributed by atoms with E-state index in [4.69, 9.17) is 4.74 Å². The molecule has 2 heterocycles. The van der Waals surface area contributed by atoms with Crippen LogP contribution in [0.5, 0.6) is 5.75 Å². The van der Waals surface area contributed by atoms with E-state index in [1.165, 1.54) is 9.58 Å². The quantitative estimate of drug-likeness (QED) is 0.665. The number of rotatable bonds is 7. The number of ether oxygens (including phenoxy) is 1. The molecular weight excluding hydrogens is 409 g/mol. The molecule has 0 bridgehead atoms. The summed E-state index contributed by atoms with van der Waals surface area (Å²) in [7, 11) is 4.85. The first kappa shape index (κ1) is 22.9. The third-order valence-electron chi connectivity index (χ3n) is 5.23. The number of fused-ring (bicyclic) bond motifs is 1. The SMILES string of the molecule is COc1ccccc1C=CCN1CCc2c(c(C(=O)N(C)C)nn2CCC(F)(F)F)C1. The van der Waals surface area contributed by atoms with E-state index in [-0.39, 0.29) is 18.1 Å². The number of carbonyl (C=O) groups is 1. The molecule has 1 aliphatic rings. The molecule has 0 saturated carbocycles. The summed E-state index contributed by atoms with van der Waals surface area (Å²) in [6, 6.07) is 7.69. The molecule has 168 valence electrons. The Hall–Kier alpha value is -2.81. The molecule has 0 radical (unpaired) electrons. The van der Waals surface area contributed by atoms with Crippen LogP contribution in [-0.2, 0) is 19.5 Å². The number of halogens is 3. The number of para-hydroxylation sites is 1. The van der Waals surface area contributed by atoms with E-state index >= 15 is 0 Å². The number of aromatic nitrogens is 2. The zero-order valence-electron chi connectivity index (χ0n) is 17.9. The molecule has 1 aromatic heterocycles. The van der Waals surface area contributed by atoms with Gasteiger partial charge in [0.15, 0.2) is 5.69 Å². The Balaban J connectivity index is 1.77. The van der Waals surface area contributed by atoms with E-state index in [2.05, 4.69) is 10.00 Å². The van der Waals surface area contributed by atoms with Crippen LogP contribution >= 0.6 is 0 Å². The molecule has 0 saturated heterocycles. The van der Waals surface area contributed by atoms with Crippen molar-refractivity contribution in [1.82, 2.24) is 19.6 Å². The normalized spacial score (nSPS) is 14.6. The molecule has 0 spiro atoms. The van der Waals surface area contributed by atoms with Crippen LogP contribution < -0.4 is 4.74 Å². The van der Waals surface area contributed by atoms with E-state index in [9.17, 15) is 18.0 Å². The average molecular weight is 436 g/mol. The second-order valence-electron chi connectivity index (χ2n) is 7.69. The minimum atomic E-state index is -4.27. The van der Waals surface area contributed by atoms with Crippen LogP contribution in [-0.4, -0.2) is 66.0 Å². The number of aryl methyl sites for hydroxylation is 1. The Morgan fingerprint density at radius 1 is 1.29 bits per heavy atom. The van der Waals surface area contributed by atoms with Crippen LogP contribution in [0.4, 0.5) is 13.2 Å². The zero-order valence-corrected chi connectivity index (χ0v) is 17.9. The second-order valence-corrected chi connectivity index (χ2v) is 7.69. The summed E-state index contributed by atoms with van der Waals surface area (Å²) < 4.78 is 44.9. The van der Waals surface area contributed by atoms with Crippen molar-refractivity contribution < 1.29 is 22.7 Å². The first-order chi connectivity index (χ1) is 14.7. The largest absolute Gasteiger partial charge is 0.496 e. The smallest absolute Gasteiger partial charge is 0.390 e. The lowest BCUT2D eigenvalue weighted by Gasteiger charge is -2.27. The Kier molecular flexibility index (Phi) is 7.04. The Morgan fingerprint density at radius 3 is 2.71 bits per heavy atom. The fourth-order valence-corrected chi connectivity index (χ4v) is 3.64. The topological polar surface area (TPSA) is 50.6 Å². The number of hydrogen-bond donors (Lipinski definition) is 0. The first-order valence-electron chi connectivity index (χ1n) is 10.1. The summed E-state index contributed by atoms with van der Waals surface area (Å²) in [6.45, 7) is 1.50. The highest BCUT2D eigenvalue weighted by Gasteiger charge is 2.31. The average Bonchev–Trinajstić information content (AvgIpc) is 3.09. The van der Waals surface area contributed by atoms with Crippen molar-refractivity contribution in [1.29, 1.82) is 0 Å². The number of carbonyl (C=O) groups excluding carboxylic acids is 1. The van der Waals surface area contributed by atoms with Gasteiger partial charge >= 0.3 is 6.18 Å². The second kappa shape index (κ2) is 9.55. The molecule has 1 aromatic carbocycles. The summed E-state index contributed by atoms with van der Waals surface area (Å²) in [5, 5.41) is 4.27. The number of amides is 1. The highest BCUT2D eigenvalue weighted by Crippen LogP contribution is 2.26. The number of nitrogens with zero attached hydrogens (tertiary/aromatic N) is 4. The van der Waals surface area contributed by atoms with Gasteiger partial charge in [0.05, 0.1) is 13.5 Å². The van der Waals surface area contributed by atoms with Crippen molar-refractivity contribution in [2.24, 2.45) is 0 Å². The molecule has 0 aliphatic carbocycles. The van der Waals surface area contributed by atoms with Gasteiger partial charge in [0.1, 0.15) is 5.75 Å². The monoisotopic (exact) mass is 436 g/mol. The number of benzene rings is 1. The molecule has 1 amide bonds. The Labute approximate surface area is 179 Å². The van der Waals surface area contributed by atoms with Gasteiger partial charge in [-0.25, -0.2) is 0 Å². The van der Waals surface area contributed by atoms with Crippen molar-refractivity contribution in [3.05, 3.63) is 52.9 Å². The molecular formula is C22H27F3N4O2. The number of hydrogen-bond acceptors (Lipinski definition) is 4. The third-order valence-corrected chi connectivity index (χ3v) is 5.23. The van der Waals surface area contributed by atoms with Crippen LogP contribution in [0.15, 0.2) is 30.3 Å². The highest BCUT2D eigenvalue weighted by molar-refractivity contribution is 5.93. The molecule has 0 fully saturated rings. The van der Waals surface area contributed by atoms with Crippen LogP contribution in [0, 0.1) is 0 Å². The van der Waals surface area contributed by atoms with Gasteiger partial charge in [-0.3, -0.25) is 14.4 Å². The standard InChI is InChI=1S/C22H27F3N4O2/c1-27(2)21(30)20-17-15-28(12-6-8-16-7-4-5-9-19(16)31-3)13-10-18(17)29(26-20)14-11-22(23,24)25/h4-9H,10-15H2,1-3H3. The first-order valence-corrected chi connectivity index (χ1v) is 10.1. The van der Waals surface area contributed by atoms with Gasteiger partial charge in [0, 0.05) is 63.5 Å². The fraction of sp³-hybridized carbons (Fsp3) is 0.455. The van der Waals surface area contributed by atoms with Gasteiger partial charge in [-0.1, -0.05) is 30.4 Å². The molecule has 0 N–H and O–H groups in total. The molecule has 0 unspecified atom stereocenters. The molecule has 6 nitrogen and oxygen atoms in total. The number of alkyl halides is 3. The van der Waals surface area contributed by atoms with Crippen molar-refractivity contribution in [2.75, 3.05) is 34.3 Å². The number of methoxy groups -OCH3 is 1. The van der Waals surface area contributed by atoms with Crippen molar-refractivity contribution in [3.63, 3.8) is 0 Å². The van der Waals surface area contributed by atoms with Gasteiger partial charge in [-0.05, 0) is 6.07 Å². The van der Waals surface area contributed by atoms with Crippen LogP contribution in [0.3, 0.4) is 0 Å². The maximum absolute atomic E-state index is 12.7. The zero-order chi connectivity index (χ0) is 22.6. The highest BCUT2D eigenvalue weighted by atomic mass is 19.4. The summed E-state index contributed by atoms with van der Waals surface area (Å²) in [5.74, 6) is 0.484. The Morgan fingerprint density at radius 2 is 2.03 bits per heavy atom. The van der Waals surface area contributed by atoms with Gasteiger partial charge in [-0.2, -0.15) is 18.3 Å². The summed E-state index contributed by atoms with van der Waals surface area (Å²) in [6.07, 6.45) is -0.697. The van der Waals surface area contributed by atoms with Crippen LogP contribution in [0.1, 0.15) is 33.7 Å². The maximum Gasteiger partial charge on any atom is 0.390 e. The lowest BCUT2D eigenvalue weighted by Crippen LogP contribution is -2.32. The van der Waals surface area contributed by atoms with Gasteiger partial charge in [0.2, 0.25) is 0 Å². The minimum Gasteiger partial charge on any atom is -0.496 e. The van der Waals surface area contributed by atoms with Crippen molar-refractivity contribution >= 4 is 12.0 Å². The van der Waals surface area contributed by atoms with E-state index in [1.54, 1.807) is 21.2 Å². The molecule has 3 rings (SSSR count).